The van der Waals surface area contributed by atoms with E-state index in [9.17, 15) is 0 Å². The smallest absolute Gasteiger partial charge is 0.00217 e. The lowest BCUT2D eigenvalue weighted by Gasteiger charge is -2.09. The number of hydrogen-bond donors (Lipinski definition) is 0. The average Bonchev–Trinajstić information content (AvgIpc) is 1.86. The van der Waals surface area contributed by atoms with Crippen molar-refractivity contribution in [1.29, 1.82) is 0 Å². The quantitative estimate of drug-likeness (QED) is 0.548. The summed E-state index contributed by atoms with van der Waals surface area (Å²) in [5, 5.41) is 0. The van der Waals surface area contributed by atoms with Crippen molar-refractivity contribution in [3.8, 4) is 0 Å². The zero-order chi connectivity index (χ0) is 8.85. The summed E-state index contributed by atoms with van der Waals surface area (Å²) in [6.45, 7) is 10.9. The van der Waals surface area contributed by atoms with Gasteiger partial charge >= 0.3 is 0 Å². The van der Waals surface area contributed by atoms with Gasteiger partial charge in [0, 0.05) is 0 Å². The Kier molecular flexibility index (Phi) is 4.88. The molecule has 0 amide bonds. The van der Waals surface area contributed by atoms with Crippen LogP contribution in [0, 0.1) is 0 Å². The minimum atomic E-state index is 1.08. The summed E-state index contributed by atoms with van der Waals surface area (Å²) in [6.07, 6.45) is 2.26. The fourth-order valence-electron chi connectivity index (χ4n) is 0.822. The van der Waals surface area contributed by atoms with Crippen LogP contribution in [-0.4, -0.2) is 25.5 Å². The largest absolute Gasteiger partial charge is 0.309 e. The highest BCUT2D eigenvalue weighted by molar-refractivity contribution is 5.22. The van der Waals surface area contributed by atoms with Gasteiger partial charge in [-0.2, -0.15) is 0 Å². The third kappa shape index (κ3) is 5.86. The summed E-state index contributed by atoms with van der Waals surface area (Å²) >= 11 is 0. The SMILES string of the molecule is C=C(C)C(=C)CCCN(C)C. The molecule has 0 aromatic rings. The van der Waals surface area contributed by atoms with E-state index in [-0.39, 0.29) is 0 Å². The highest BCUT2D eigenvalue weighted by atomic mass is 15.0. The molecule has 0 saturated heterocycles. The molecule has 0 saturated carbocycles. The predicted molar refractivity (Wildman–Crippen MR) is 51.7 cm³/mol. The Labute approximate surface area is 70.4 Å². The minimum absolute atomic E-state index is 1.08. The summed E-state index contributed by atoms with van der Waals surface area (Å²) in [5.74, 6) is 0. The first-order chi connectivity index (χ1) is 5.04. The van der Waals surface area contributed by atoms with Crippen LogP contribution >= 0.6 is 0 Å². The highest BCUT2D eigenvalue weighted by Crippen LogP contribution is 2.10. The van der Waals surface area contributed by atoms with E-state index >= 15 is 0 Å². The van der Waals surface area contributed by atoms with E-state index in [4.69, 9.17) is 0 Å². The molecule has 1 nitrogen and oxygen atoms in total. The van der Waals surface area contributed by atoms with E-state index in [0.717, 1.165) is 18.5 Å². The van der Waals surface area contributed by atoms with Gasteiger partial charge in [0.2, 0.25) is 0 Å². The van der Waals surface area contributed by atoms with E-state index in [1.54, 1.807) is 0 Å². The monoisotopic (exact) mass is 153 g/mol. The summed E-state index contributed by atoms with van der Waals surface area (Å²) in [5.41, 5.74) is 2.30. The topological polar surface area (TPSA) is 3.24 Å². The first-order valence-corrected chi connectivity index (χ1v) is 4.02. The lowest BCUT2D eigenvalue weighted by Crippen LogP contribution is -2.12. The molecular weight excluding hydrogens is 134 g/mol. The normalized spacial score (nSPS) is 10.2. The van der Waals surface area contributed by atoms with Crippen molar-refractivity contribution in [2.75, 3.05) is 20.6 Å². The number of nitrogens with zero attached hydrogens (tertiary/aromatic N) is 1. The zero-order valence-corrected chi connectivity index (χ0v) is 7.98. The van der Waals surface area contributed by atoms with E-state index in [1.807, 2.05) is 6.92 Å². The van der Waals surface area contributed by atoms with Crippen LogP contribution < -0.4 is 0 Å². The van der Waals surface area contributed by atoms with Gasteiger partial charge in [-0.3, -0.25) is 0 Å². The third-order valence-electron chi connectivity index (χ3n) is 1.69. The molecule has 0 aliphatic heterocycles. The summed E-state index contributed by atoms with van der Waals surface area (Å²) in [4.78, 5) is 2.19. The molecular formula is C10H19N. The van der Waals surface area contributed by atoms with Gasteiger partial charge in [-0.25, -0.2) is 0 Å². The Morgan fingerprint density at radius 1 is 1.27 bits per heavy atom. The molecule has 0 aliphatic rings. The number of allylic oxidation sites excluding steroid dienone is 2. The van der Waals surface area contributed by atoms with E-state index < -0.39 is 0 Å². The Morgan fingerprint density at radius 3 is 2.18 bits per heavy atom. The maximum absolute atomic E-state index is 3.93. The van der Waals surface area contributed by atoms with E-state index in [2.05, 4.69) is 32.2 Å². The first-order valence-electron chi connectivity index (χ1n) is 4.02. The molecule has 0 atom stereocenters. The minimum Gasteiger partial charge on any atom is -0.309 e. The highest BCUT2D eigenvalue weighted by Gasteiger charge is 1.95. The van der Waals surface area contributed by atoms with Gasteiger partial charge in [-0.15, -0.1) is 0 Å². The van der Waals surface area contributed by atoms with Crippen LogP contribution in [0.15, 0.2) is 24.3 Å². The molecule has 0 N–H and O–H groups in total. The molecule has 0 bridgehead atoms. The van der Waals surface area contributed by atoms with Crippen LogP contribution in [0.1, 0.15) is 19.8 Å². The van der Waals surface area contributed by atoms with Gasteiger partial charge < -0.3 is 4.90 Å². The Morgan fingerprint density at radius 2 is 1.82 bits per heavy atom. The first kappa shape index (κ1) is 10.4. The van der Waals surface area contributed by atoms with Gasteiger partial charge in [-0.05, 0) is 40.4 Å². The van der Waals surface area contributed by atoms with Crippen molar-refractivity contribution in [1.82, 2.24) is 4.90 Å². The van der Waals surface area contributed by atoms with Crippen molar-refractivity contribution < 1.29 is 0 Å². The van der Waals surface area contributed by atoms with E-state index in [1.165, 1.54) is 12.0 Å². The van der Waals surface area contributed by atoms with E-state index in [0.29, 0.717) is 0 Å². The molecule has 0 heterocycles. The number of rotatable bonds is 5. The standard InChI is InChI=1S/C10H19N/c1-9(2)10(3)7-6-8-11(4)5/h1,3,6-8H2,2,4-5H3. The van der Waals surface area contributed by atoms with Gasteiger partial charge in [0.15, 0.2) is 0 Å². The van der Waals surface area contributed by atoms with Crippen LogP contribution in [0.5, 0.6) is 0 Å². The van der Waals surface area contributed by atoms with Crippen LogP contribution in [0.2, 0.25) is 0 Å². The zero-order valence-electron chi connectivity index (χ0n) is 7.98. The molecule has 1 heteroatoms. The van der Waals surface area contributed by atoms with Gasteiger partial charge in [-0.1, -0.05) is 24.3 Å². The Bertz CT molecular complexity index is 145. The fourth-order valence-corrected chi connectivity index (χ4v) is 0.822. The van der Waals surface area contributed by atoms with Crippen molar-refractivity contribution >= 4 is 0 Å². The van der Waals surface area contributed by atoms with Crippen molar-refractivity contribution in [2.24, 2.45) is 0 Å². The summed E-state index contributed by atoms with van der Waals surface area (Å²) < 4.78 is 0. The molecule has 64 valence electrons. The van der Waals surface area contributed by atoms with Crippen molar-refractivity contribution in [3.63, 3.8) is 0 Å². The second-order valence-electron chi connectivity index (χ2n) is 3.29. The third-order valence-corrected chi connectivity index (χ3v) is 1.69. The lowest BCUT2D eigenvalue weighted by molar-refractivity contribution is 0.400. The van der Waals surface area contributed by atoms with Gasteiger partial charge in [0.05, 0.1) is 0 Å². The maximum atomic E-state index is 3.93. The molecule has 0 unspecified atom stereocenters. The van der Waals surface area contributed by atoms with Gasteiger partial charge in [0.25, 0.3) is 0 Å². The van der Waals surface area contributed by atoms with Gasteiger partial charge in [0.1, 0.15) is 0 Å². The molecule has 0 rings (SSSR count). The summed E-state index contributed by atoms with van der Waals surface area (Å²) in [6, 6.07) is 0. The van der Waals surface area contributed by atoms with Crippen LogP contribution in [0.25, 0.3) is 0 Å². The molecule has 0 fully saturated rings. The number of hydrogen-bond acceptors (Lipinski definition) is 1. The summed E-state index contributed by atoms with van der Waals surface area (Å²) in [7, 11) is 4.17. The molecule has 0 radical (unpaired) electrons. The molecule has 11 heavy (non-hydrogen) atoms. The predicted octanol–water partition coefficient (Wildman–Crippen LogP) is 2.46. The second kappa shape index (κ2) is 5.14. The average molecular weight is 153 g/mol. The molecule has 0 aromatic heterocycles. The second-order valence-corrected chi connectivity index (χ2v) is 3.29. The Balaban J connectivity index is 3.40. The molecule has 0 aliphatic carbocycles. The van der Waals surface area contributed by atoms with Crippen LogP contribution in [0.3, 0.4) is 0 Å². The van der Waals surface area contributed by atoms with Crippen molar-refractivity contribution in [3.05, 3.63) is 24.3 Å². The maximum Gasteiger partial charge on any atom is -0.00217 e. The fraction of sp³-hybridized carbons (Fsp3) is 0.600. The lowest BCUT2D eigenvalue weighted by atomic mass is 10.1. The Hall–Kier alpha value is -0.560. The van der Waals surface area contributed by atoms with Crippen LogP contribution in [0.4, 0.5) is 0 Å². The van der Waals surface area contributed by atoms with Crippen molar-refractivity contribution in [2.45, 2.75) is 19.8 Å². The van der Waals surface area contributed by atoms with Crippen LogP contribution in [-0.2, 0) is 0 Å². The molecule has 0 spiro atoms. The molecule has 0 aromatic carbocycles.